The third-order valence-electron chi connectivity index (χ3n) is 3.86. The molecule has 1 heterocycles. The van der Waals surface area contributed by atoms with Crippen LogP contribution in [0.3, 0.4) is 0 Å². The number of hydrogen-bond acceptors (Lipinski definition) is 3. The van der Waals surface area contributed by atoms with Crippen molar-refractivity contribution in [1.29, 1.82) is 0 Å². The minimum Gasteiger partial charge on any atom is -0.481 e. The maximum Gasteiger partial charge on any atom is 0.304 e. The van der Waals surface area contributed by atoms with Crippen LogP contribution < -0.4 is 4.90 Å². The third kappa shape index (κ3) is 4.04. The summed E-state index contributed by atoms with van der Waals surface area (Å²) in [4.78, 5) is 26.9. The van der Waals surface area contributed by atoms with Gasteiger partial charge in [0.1, 0.15) is 0 Å². The highest BCUT2D eigenvalue weighted by molar-refractivity contribution is 5.96. The highest BCUT2D eigenvalue weighted by Gasteiger charge is 2.23. The van der Waals surface area contributed by atoms with E-state index in [4.69, 9.17) is 5.11 Å². The summed E-state index contributed by atoms with van der Waals surface area (Å²) < 4.78 is 0. The van der Waals surface area contributed by atoms with Crippen LogP contribution in [0.1, 0.15) is 25.3 Å². The summed E-state index contributed by atoms with van der Waals surface area (Å²) in [5, 5.41) is 8.75. The van der Waals surface area contributed by atoms with Crippen LogP contribution in [0.15, 0.2) is 24.3 Å². The van der Waals surface area contributed by atoms with Gasteiger partial charge in [-0.3, -0.25) is 14.5 Å². The summed E-state index contributed by atoms with van der Waals surface area (Å²) >= 11 is 0. The van der Waals surface area contributed by atoms with Crippen LogP contribution >= 0.6 is 0 Å². The molecule has 0 spiro atoms. The monoisotopic (exact) mass is 290 g/mol. The molecule has 2 rings (SSSR count). The Bertz CT molecular complexity index is 516. The van der Waals surface area contributed by atoms with Crippen molar-refractivity contribution in [2.75, 3.05) is 31.1 Å². The predicted molar refractivity (Wildman–Crippen MR) is 81.5 cm³/mol. The first kappa shape index (κ1) is 15.5. The van der Waals surface area contributed by atoms with Crippen molar-refractivity contribution in [2.45, 2.75) is 26.2 Å². The van der Waals surface area contributed by atoms with Gasteiger partial charge in [-0.15, -0.1) is 0 Å². The van der Waals surface area contributed by atoms with Crippen LogP contribution in [0.4, 0.5) is 5.69 Å². The molecule has 1 N–H and O–H groups in total. The number of carboxylic acid groups (broad SMARTS) is 1. The van der Waals surface area contributed by atoms with Gasteiger partial charge in [0.2, 0.25) is 5.91 Å². The highest BCUT2D eigenvalue weighted by Crippen LogP contribution is 2.26. The molecule has 1 aromatic rings. The number of likely N-dealkylation sites (N-methyl/N-ethyl adjacent to an activating group) is 1. The van der Waals surface area contributed by atoms with Gasteiger partial charge in [0.05, 0.1) is 13.0 Å². The molecule has 114 valence electrons. The fraction of sp³-hybridized carbons (Fsp3) is 0.500. The number of aliphatic carboxylic acids is 1. The molecule has 0 saturated heterocycles. The molecule has 0 radical (unpaired) electrons. The smallest absolute Gasteiger partial charge is 0.304 e. The predicted octanol–water partition coefficient (Wildman–Crippen LogP) is 1.76. The molecular weight excluding hydrogens is 268 g/mol. The van der Waals surface area contributed by atoms with E-state index in [0.717, 1.165) is 25.1 Å². The van der Waals surface area contributed by atoms with Crippen LogP contribution in [0.2, 0.25) is 0 Å². The van der Waals surface area contributed by atoms with Crippen LogP contribution in [0.25, 0.3) is 0 Å². The van der Waals surface area contributed by atoms with Crippen molar-refractivity contribution >= 4 is 17.6 Å². The average molecular weight is 290 g/mol. The fourth-order valence-corrected chi connectivity index (χ4v) is 2.67. The van der Waals surface area contributed by atoms with Crippen LogP contribution in [0, 0.1) is 0 Å². The van der Waals surface area contributed by atoms with E-state index in [-0.39, 0.29) is 18.9 Å². The first-order chi connectivity index (χ1) is 10.1. The Morgan fingerprint density at radius 3 is 2.81 bits per heavy atom. The van der Waals surface area contributed by atoms with Crippen molar-refractivity contribution < 1.29 is 14.7 Å². The van der Waals surface area contributed by atoms with E-state index in [1.165, 1.54) is 5.56 Å². The van der Waals surface area contributed by atoms with Crippen LogP contribution in [0.5, 0.6) is 0 Å². The van der Waals surface area contributed by atoms with E-state index in [2.05, 4.69) is 6.07 Å². The molecule has 0 bridgehead atoms. The number of para-hydroxylation sites is 1. The Balaban J connectivity index is 2.01. The second-order valence-corrected chi connectivity index (χ2v) is 5.29. The lowest BCUT2D eigenvalue weighted by atomic mass is 10.0. The average Bonchev–Trinajstić information content (AvgIpc) is 2.50. The Kier molecular flexibility index (Phi) is 5.33. The first-order valence-corrected chi connectivity index (χ1v) is 7.44. The number of benzene rings is 1. The second kappa shape index (κ2) is 7.22. The lowest BCUT2D eigenvalue weighted by Crippen LogP contribution is -2.43. The van der Waals surface area contributed by atoms with Gasteiger partial charge in [-0.25, -0.2) is 0 Å². The molecule has 0 aromatic heterocycles. The van der Waals surface area contributed by atoms with E-state index in [0.29, 0.717) is 13.1 Å². The largest absolute Gasteiger partial charge is 0.481 e. The topological polar surface area (TPSA) is 60.9 Å². The minimum absolute atomic E-state index is 0.0504. The molecule has 0 fully saturated rings. The Morgan fingerprint density at radius 2 is 2.10 bits per heavy atom. The molecule has 1 amide bonds. The SMILES string of the molecule is CCN(CCC(=O)O)CC(=O)N1CCCc2ccccc21. The van der Waals surface area contributed by atoms with E-state index >= 15 is 0 Å². The summed E-state index contributed by atoms with van der Waals surface area (Å²) in [6.07, 6.45) is 2.05. The maximum atomic E-state index is 12.5. The number of carbonyl (C=O) groups excluding carboxylic acids is 1. The number of rotatable bonds is 6. The molecule has 0 atom stereocenters. The number of carboxylic acids is 1. The number of carbonyl (C=O) groups is 2. The summed E-state index contributed by atoms with van der Waals surface area (Å²) in [6, 6.07) is 8.00. The number of amides is 1. The molecule has 5 heteroatoms. The zero-order chi connectivity index (χ0) is 15.2. The molecule has 0 saturated carbocycles. The van der Waals surface area contributed by atoms with E-state index in [9.17, 15) is 9.59 Å². The molecule has 5 nitrogen and oxygen atoms in total. The summed E-state index contributed by atoms with van der Waals surface area (Å²) in [5.41, 5.74) is 2.22. The lowest BCUT2D eigenvalue weighted by Gasteiger charge is -2.31. The Morgan fingerprint density at radius 1 is 1.33 bits per heavy atom. The normalized spacial score (nSPS) is 14.1. The number of aryl methyl sites for hydroxylation is 1. The zero-order valence-corrected chi connectivity index (χ0v) is 12.4. The van der Waals surface area contributed by atoms with Crippen molar-refractivity contribution in [3.05, 3.63) is 29.8 Å². The Labute approximate surface area is 125 Å². The zero-order valence-electron chi connectivity index (χ0n) is 12.4. The quantitative estimate of drug-likeness (QED) is 0.867. The lowest BCUT2D eigenvalue weighted by molar-refractivity contribution is -0.137. The van der Waals surface area contributed by atoms with Crippen LogP contribution in [-0.4, -0.2) is 48.1 Å². The summed E-state index contributed by atoms with van der Waals surface area (Å²) in [5.74, 6) is -0.779. The minimum atomic E-state index is -0.829. The second-order valence-electron chi connectivity index (χ2n) is 5.29. The number of anilines is 1. The molecule has 0 unspecified atom stereocenters. The summed E-state index contributed by atoms with van der Waals surface area (Å²) in [6.45, 7) is 4.05. The Hall–Kier alpha value is -1.88. The van der Waals surface area contributed by atoms with Gasteiger partial charge in [-0.05, 0) is 31.0 Å². The molecular formula is C16H22N2O3. The van der Waals surface area contributed by atoms with Gasteiger partial charge in [-0.1, -0.05) is 25.1 Å². The van der Waals surface area contributed by atoms with Crippen molar-refractivity contribution in [1.82, 2.24) is 4.90 Å². The van der Waals surface area contributed by atoms with Gasteiger partial charge in [-0.2, -0.15) is 0 Å². The standard InChI is InChI=1S/C16H22N2O3/c1-2-17(11-9-16(20)21)12-15(19)18-10-5-7-13-6-3-4-8-14(13)18/h3-4,6,8H,2,5,7,9-12H2,1H3,(H,20,21). The molecule has 1 aliphatic rings. The number of nitrogens with zero attached hydrogens (tertiary/aromatic N) is 2. The highest BCUT2D eigenvalue weighted by atomic mass is 16.4. The molecule has 1 aromatic carbocycles. The van der Waals surface area contributed by atoms with Gasteiger partial charge >= 0.3 is 5.97 Å². The third-order valence-corrected chi connectivity index (χ3v) is 3.86. The van der Waals surface area contributed by atoms with Crippen LogP contribution in [-0.2, 0) is 16.0 Å². The number of fused-ring (bicyclic) bond motifs is 1. The fourth-order valence-electron chi connectivity index (χ4n) is 2.67. The molecule has 21 heavy (non-hydrogen) atoms. The van der Waals surface area contributed by atoms with Crippen molar-refractivity contribution in [3.63, 3.8) is 0 Å². The first-order valence-electron chi connectivity index (χ1n) is 7.44. The number of hydrogen-bond donors (Lipinski definition) is 1. The van der Waals surface area contributed by atoms with E-state index < -0.39 is 5.97 Å². The van der Waals surface area contributed by atoms with Crippen molar-refractivity contribution in [2.24, 2.45) is 0 Å². The van der Waals surface area contributed by atoms with E-state index in [1.807, 2.05) is 34.9 Å². The van der Waals surface area contributed by atoms with E-state index in [1.54, 1.807) is 0 Å². The van der Waals surface area contributed by atoms with Gasteiger partial charge < -0.3 is 10.0 Å². The molecule has 0 aliphatic carbocycles. The van der Waals surface area contributed by atoms with Gasteiger partial charge in [0, 0.05) is 18.8 Å². The van der Waals surface area contributed by atoms with Gasteiger partial charge in [0.25, 0.3) is 0 Å². The van der Waals surface area contributed by atoms with Gasteiger partial charge in [0.15, 0.2) is 0 Å². The maximum absolute atomic E-state index is 12.5. The summed E-state index contributed by atoms with van der Waals surface area (Å²) in [7, 11) is 0. The molecule has 1 aliphatic heterocycles. The van der Waals surface area contributed by atoms with Crippen molar-refractivity contribution in [3.8, 4) is 0 Å².